The second-order valence-electron chi connectivity index (χ2n) is 4.48. The van der Waals surface area contributed by atoms with E-state index >= 15 is 0 Å². The number of nitrogens with one attached hydrogen (secondary N) is 1. The predicted octanol–water partition coefficient (Wildman–Crippen LogP) is 3.82. The molecule has 0 aliphatic carbocycles. The maximum atomic E-state index is 5.30. The van der Waals surface area contributed by atoms with Crippen LogP contribution < -0.4 is 10.1 Å². The Balaban J connectivity index is 2.39. The van der Waals surface area contributed by atoms with Crippen molar-refractivity contribution >= 4 is 27.3 Å². The number of halogens is 1. The van der Waals surface area contributed by atoms with Crippen molar-refractivity contribution in [2.75, 3.05) is 13.7 Å². The zero-order valence-electron chi connectivity index (χ0n) is 12.0. The van der Waals surface area contributed by atoms with Gasteiger partial charge in [0.1, 0.15) is 5.75 Å². The van der Waals surface area contributed by atoms with Gasteiger partial charge in [-0.1, -0.05) is 13.8 Å². The van der Waals surface area contributed by atoms with Crippen molar-refractivity contribution in [3.63, 3.8) is 0 Å². The summed E-state index contributed by atoms with van der Waals surface area (Å²) in [5.41, 5.74) is 1.18. The van der Waals surface area contributed by atoms with Crippen LogP contribution in [0, 0.1) is 0 Å². The molecule has 2 aromatic rings. The third-order valence-corrected chi connectivity index (χ3v) is 4.65. The topological polar surface area (TPSA) is 39.1 Å². The second kappa shape index (κ2) is 7.24. The number of hydrogen-bond donors (Lipinski definition) is 1. The standard InChI is InChI=1S/C14H20BrN3OS/c1-4-6-18-14(11(15)8-17-18)13(16-5-2)12-7-10(19-3)9-20-12/h7-9,13,16H,4-6H2,1-3H3. The molecular weight excluding hydrogens is 338 g/mol. The molecule has 0 aliphatic rings. The first-order chi connectivity index (χ1) is 9.71. The Morgan fingerprint density at radius 3 is 2.90 bits per heavy atom. The van der Waals surface area contributed by atoms with Crippen LogP contribution in [0.4, 0.5) is 0 Å². The van der Waals surface area contributed by atoms with E-state index in [1.807, 2.05) is 11.6 Å². The minimum absolute atomic E-state index is 0.136. The lowest BCUT2D eigenvalue weighted by molar-refractivity contribution is 0.416. The molecule has 6 heteroatoms. The Kier molecular flexibility index (Phi) is 5.63. The highest BCUT2D eigenvalue weighted by atomic mass is 79.9. The van der Waals surface area contributed by atoms with Gasteiger partial charge in [0, 0.05) is 16.8 Å². The fourth-order valence-corrected chi connectivity index (χ4v) is 3.63. The fraction of sp³-hybridized carbons (Fsp3) is 0.500. The van der Waals surface area contributed by atoms with Crippen molar-refractivity contribution in [1.29, 1.82) is 0 Å². The number of rotatable bonds is 7. The minimum atomic E-state index is 0.136. The van der Waals surface area contributed by atoms with E-state index in [0.29, 0.717) is 0 Å². The molecule has 0 aliphatic heterocycles. The molecule has 0 bridgehead atoms. The minimum Gasteiger partial charge on any atom is -0.496 e. The molecule has 110 valence electrons. The Labute approximate surface area is 132 Å². The van der Waals surface area contributed by atoms with E-state index in [9.17, 15) is 0 Å². The summed E-state index contributed by atoms with van der Waals surface area (Å²) in [4.78, 5) is 1.24. The summed E-state index contributed by atoms with van der Waals surface area (Å²) in [7, 11) is 1.70. The number of methoxy groups -OCH3 is 1. The van der Waals surface area contributed by atoms with Crippen molar-refractivity contribution in [3.05, 3.63) is 32.7 Å². The smallest absolute Gasteiger partial charge is 0.129 e. The van der Waals surface area contributed by atoms with Crippen LogP contribution >= 0.6 is 27.3 Å². The molecule has 0 aromatic carbocycles. The van der Waals surface area contributed by atoms with Gasteiger partial charge in [0.2, 0.25) is 0 Å². The monoisotopic (exact) mass is 357 g/mol. The van der Waals surface area contributed by atoms with E-state index in [2.05, 4.69) is 50.9 Å². The summed E-state index contributed by atoms with van der Waals surface area (Å²) in [5, 5.41) is 10.0. The molecule has 1 N–H and O–H groups in total. The molecular formula is C14H20BrN3OS. The molecule has 4 nitrogen and oxygen atoms in total. The summed E-state index contributed by atoms with van der Waals surface area (Å²) in [5.74, 6) is 0.908. The Hall–Kier alpha value is -0.850. The highest BCUT2D eigenvalue weighted by Gasteiger charge is 2.22. The van der Waals surface area contributed by atoms with Gasteiger partial charge in [0.15, 0.2) is 0 Å². The van der Waals surface area contributed by atoms with Crippen LogP contribution in [0.1, 0.15) is 36.9 Å². The van der Waals surface area contributed by atoms with Crippen LogP contribution in [0.5, 0.6) is 5.75 Å². The zero-order chi connectivity index (χ0) is 14.5. The van der Waals surface area contributed by atoms with Crippen LogP contribution in [0.3, 0.4) is 0 Å². The molecule has 2 heterocycles. The van der Waals surface area contributed by atoms with Gasteiger partial charge in [-0.2, -0.15) is 5.10 Å². The van der Waals surface area contributed by atoms with Gasteiger partial charge in [0.25, 0.3) is 0 Å². The predicted molar refractivity (Wildman–Crippen MR) is 86.6 cm³/mol. The Bertz CT molecular complexity index is 552. The molecule has 1 unspecified atom stereocenters. The lowest BCUT2D eigenvalue weighted by Gasteiger charge is -2.19. The van der Waals surface area contributed by atoms with Gasteiger partial charge in [-0.25, -0.2) is 0 Å². The van der Waals surface area contributed by atoms with Gasteiger partial charge >= 0.3 is 0 Å². The van der Waals surface area contributed by atoms with Gasteiger partial charge in [-0.3, -0.25) is 4.68 Å². The fourth-order valence-electron chi connectivity index (χ4n) is 2.18. The maximum absolute atomic E-state index is 5.30. The van der Waals surface area contributed by atoms with Crippen molar-refractivity contribution in [3.8, 4) is 5.75 Å². The number of aryl methyl sites for hydroxylation is 1. The Morgan fingerprint density at radius 2 is 2.30 bits per heavy atom. The molecule has 0 fully saturated rings. The van der Waals surface area contributed by atoms with Crippen LogP contribution in [0.25, 0.3) is 0 Å². The summed E-state index contributed by atoms with van der Waals surface area (Å²) in [6, 6.07) is 2.23. The zero-order valence-corrected chi connectivity index (χ0v) is 14.4. The number of ether oxygens (including phenoxy) is 1. The third kappa shape index (κ3) is 3.24. The molecule has 2 rings (SSSR count). The molecule has 1 atom stereocenters. The van der Waals surface area contributed by atoms with E-state index in [1.165, 1.54) is 10.6 Å². The van der Waals surface area contributed by atoms with Gasteiger partial charge < -0.3 is 10.1 Å². The summed E-state index contributed by atoms with van der Waals surface area (Å²) < 4.78 is 8.42. The first-order valence-corrected chi connectivity index (χ1v) is 8.45. The first kappa shape index (κ1) is 15.5. The van der Waals surface area contributed by atoms with Crippen LogP contribution in [-0.2, 0) is 6.54 Å². The largest absolute Gasteiger partial charge is 0.496 e. The highest BCUT2D eigenvalue weighted by Crippen LogP contribution is 2.34. The molecule has 0 saturated carbocycles. The first-order valence-electron chi connectivity index (χ1n) is 6.78. The van der Waals surface area contributed by atoms with E-state index < -0.39 is 0 Å². The summed E-state index contributed by atoms with van der Waals surface area (Å²) in [6.45, 7) is 6.10. The lowest BCUT2D eigenvalue weighted by atomic mass is 10.1. The molecule has 20 heavy (non-hydrogen) atoms. The van der Waals surface area contributed by atoms with E-state index in [0.717, 1.165) is 29.7 Å². The normalized spacial score (nSPS) is 12.6. The van der Waals surface area contributed by atoms with E-state index in [1.54, 1.807) is 18.4 Å². The summed E-state index contributed by atoms with van der Waals surface area (Å²) in [6.07, 6.45) is 2.94. The van der Waals surface area contributed by atoms with Crippen molar-refractivity contribution < 1.29 is 4.74 Å². The summed E-state index contributed by atoms with van der Waals surface area (Å²) >= 11 is 5.34. The second-order valence-corrected chi connectivity index (χ2v) is 6.28. The third-order valence-electron chi connectivity index (χ3n) is 3.07. The van der Waals surface area contributed by atoms with Crippen molar-refractivity contribution in [2.24, 2.45) is 0 Å². The van der Waals surface area contributed by atoms with Crippen molar-refractivity contribution in [2.45, 2.75) is 32.9 Å². The van der Waals surface area contributed by atoms with E-state index in [-0.39, 0.29) is 6.04 Å². The van der Waals surface area contributed by atoms with Crippen molar-refractivity contribution in [1.82, 2.24) is 15.1 Å². The number of hydrogen-bond acceptors (Lipinski definition) is 4. The molecule has 0 amide bonds. The Morgan fingerprint density at radius 1 is 1.50 bits per heavy atom. The quantitative estimate of drug-likeness (QED) is 0.818. The molecule has 2 aromatic heterocycles. The highest BCUT2D eigenvalue weighted by molar-refractivity contribution is 9.10. The number of nitrogens with zero attached hydrogens (tertiary/aromatic N) is 2. The molecule has 0 saturated heterocycles. The average molecular weight is 358 g/mol. The number of thiophene rings is 1. The van der Waals surface area contributed by atoms with E-state index in [4.69, 9.17) is 4.74 Å². The van der Waals surface area contributed by atoms with Gasteiger partial charge in [0.05, 0.1) is 29.5 Å². The van der Waals surface area contributed by atoms with Crippen LogP contribution in [0.15, 0.2) is 22.1 Å². The lowest BCUT2D eigenvalue weighted by Crippen LogP contribution is -2.24. The van der Waals surface area contributed by atoms with Gasteiger partial charge in [-0.15, -0.1) is 11.3 Å². The molecule has 0 radical (unpaired) electrons. The average Bonchev–Trinajstić information content (AvgIpc) is 3.05. The maximum Gasteiger partial charge on any atom is 0.129 e. The van der Waals surface area contributed by atoms with Gasteiger partial charge in [-0.05, 0) is 35.0 Å². The van der Waals surface area contributed by atoms with Crippen LogP contribution in [-0.4, -0.2) is 23.4 Å². The molecule has 0 spiro atoms. The number of aromatic nitrogens is 2. The van der Waals surface area contributed by atoms with Crippen LogP contribution in [0.2, 0.25) is 0 Å². The SMILES string of the molecule is CCCn1ncc(Br)c1C(NCC)c1cc(OC)cs1.